The van der Waals surface area contributed by atoms with Crippen LogP contribution in [0.4, 0.5) is 4.79 Å². The Morgan fingerprint density at radius 1 is 1.53 bits per heavy atom. The number of carbonyl (C=O) groups is 1. The Balaban J connectivity index is 1.87. The van der Waals surface area contributed by atoms with Crippen LogP contribution in [0.5, 0.6) is 0 Å². The number of thiazole rings is 1. The third-order valence-electron chi connectivity index (χ3n) is 2.90. The monoisotopic (exact) mass is 279 g/mol. The van der Waals surface area contributed by atoms with E-state index in [-0.39, 0.29) is 6.03 Å². The van der Waals surface area contributed by atoms with Crippen LogP contribution in [0.25, 0.3) is 0 Å². The molecule has 7 heteroatoms. The van der Waals surface area contributed by atoms with Crippen molar-refractivity contribution in [2.75, 3.05) is 7.05 Å². The average Bonchev–Trinajstić information content (AvgIpc) is 2.98. The molecule has 0 atom stereocenters. The smallest absolute Gasteiger partial charge is 0.317 e. The molecule has 0 fully saturated rings. The summed E-state index contributed by atoms with van der Waals surface area (Å²) in [6.07, 6.45) is 1.74. The Bertz CT molecular complexity index is 529. The highest BCUT2D eigenvalue weighted by Gasteiger charge is 2.12. The first kappa shape index (κ1) is 13.5. The highest BCUT2D eigenvalue weighted by Crippen LogP contribution is 2.09. The Kier molecular flexibility index (Phi) is 4.16. The molecular weight excluding hydrogens is 262 g/mol. The quantitative estimate of drug-likeness (QED) is 0.896. The number of hydrogen-bond donors (Lipinski definition) is 2. The Morgan fingerprint density at radius 2 is 2.32 bits per heavy atom. The molecule has 2 aromatic rings. The van der Waals surface area contributed by atoms with Gasteiger partial charge in [0, 0.05) is 36.4 Å². The fourth-order valence-electron chi connectivity index (χ4n) is 1.74. The van der Waals surface area contributed by atoms with Crippen LogP contribution >= 0.6 is 11.3 Å². The van der Waals surface area contributed by atoms with E-state index < -0.39 is 0 Å². The van der Waals surface area contributed by atoms with Crippen molar-refractivity contribution < 1.29 is 4.79 Å². The van der Waals surface area contributed by atoms with Crippen LogP contribution in [0.15, 0.2) is 11.6 Å². The summed E-state index contributed by atoms with van der Waals surface area (Å²) in [5.74, 6) is 0. The van der Waals surface area contributed by atoms with E-state index in [1.54, 1.807) is 29.5 Å². The Hall–Kier alpha value is -1.89. The van der Waals surface area contributed by atoms with Crippen molar-refractivity contribution >= 4 is 17.4 Å². The number of carbonyl (C=O) groups excluding carboxylic acids is 1. The molecule has 2 rings (SSSR count). The van der Waals surface area contributed by atoms with Gasteiger partial charge in [-0.1, -0.05) is 0 Å². The molecule has 19 heavy (non-hydrogen) atoms. The summed E-state index contributed by atoms with van der Waals surface area (Å²) in [7, 11) is 1.76. The van der Waals surface area contributed by atoms with E-state index in [1.807, 2.05) is 19.2 Å². The van der Waals surface area contributed by atoms with Crippen LogP contribution in [-0.4, -0.2) is 33.2 Å². The molecule has 2 heterocycles. The molecule has 0 bridgehead atoms. The maximum Gasteiger partial charge on any atom is 0.317 e. The molecule has 2 amide bonds. The van der Waals surface area contributed by atoms with Crippen LogP contribution in [-0.2, 0) is 13.1 Å². The number of nitrogens with one attached hydrogen (secondary N) is 2. The summed E-state index contributed by atoms with van der Waals surface area (Å²) in [6, 6.07) is -0.116. The van der Waals surface area contributed by atoms with E-state index in [1.165, 1.54) is 0 Å². The van der Waals surface area contributed by atoms with Gasteiger partial charge in [0.2, 0.25) is 0 Å². The maximum atomic E-state index is 11.9. The molecule has 6 nitrogen and oxygen atoms in total. The van der Waals surface area contributed by atoms with Gasteiger partial charge in [-0.15, -0.1) is 11.3 Å². The molecule has 0 saturated heterocycles. The summed E-state index contributed by atoms with van der Waals surface area (Å²) in [5.41, 5.74) is 2.94. The highest BCUT2D eigenvalue weighted by atomic mass is 32.1. The molecule has 0 aromatic carbocycles. The number of aryl methyl sites for hydroxylation is 2. The highest BCUT2D eigenvalue weighted by molar-refractivity contribution is 7.09. The number of amides is 2. The number of rotatable bonds is 4. The first-order valence-corrected chi connectivity index (χ1v) is 6.83. The van der Waals surface area contributed by atoms with Gasteiger partial charge in [0.1, 0.15) is 5.01 Å². The summed E-state index contributed by atoms with van der Waals surface area (Å²) in [4.78, 5) is 17.7. The lowest BCUT2D eigenvalue weighted by molar-refractivity contribution is 0.206. The van der Waals surface area contributed by atoms with Crippen LogP contribution < -0.4 is 5.32 Å². The van der Waals surface area contributed by atoms with Gasteiger partial charge in [-0.2, -0.15) is 5.10 Å². The number of H-pyrrole nitrogens is 1. The maximum absolute atomic E-state index is 11.9. The second-order valence-electron chi connectivity index (χ2n) is 4.35. The number of aromatic amines is 1. The molecular formula is C12H17N5OS. The topological polar surface area (TPSA) is 73.9 Å². The van der Waals surface area contributed by atoms with Crippen molar-refractivity contribution in [2.45, 2.75) is 26.9 Å². The van der Waals surface area contributed by atoms with E-state index >= 15 is 0 Å². The molecule has 0 aliphatic rings. The van der Waals surface area contributed by atoms with Gasteiger partial charge in [0.25, 0.3) is 0 Å². The SMILES string of the molecule is Cc1n[nH]c(C)c1CNC(=O)N(C)Cc1nccs1. The lowest BCUT2D eigenvalue weighted by Crippen LogP contribution is -2.36. The van der Waals surface area contributed by atoms with Crippen molar-refractivity contribution in [1.29, 1.82) is 0 Å². The van der Waals surface area contributed by atoms with Crippen LogP contribution in [0.2, 0.25) is 0 Å². The summed E-state index contributed by atoms with van der Waals surface area (Å²) >= 11 is 1.54. The van der Waals surface area contributed by atoms with E-state index in [2.05, 4.69) is 20.5 Å². The summed E-state index contributed by atoms with van der Waals surface area (Å²) in [6.45, 7) is 4.87. The van der Waals surface area contributed by atoms with E-state index in [0.29, 0.717) is 13.1 Å². The summed E-state index contributed by atoms with van der Waals surface area (Å²) < 4.78 is 0. The van der Waals surface area contributed by atoms with Gasteiger partial charge < -0.3 is 10.2 Å². The Labute approximate surface area is 115 Å². The molecule has 0 aliphatic carbocycles. The predicted octanol–water partition coefficient (Wildman–Crippen LogP) is 1.82. The van der Waals surface area contributed by atoms with Gasteiger partial charge in [-0.05, 0) is 13.8 Å². The van der Waals surface area contributed by atoms with Gasteiger partial charge in [-0.3, -0.25) is 5.10 Å². The molecule has 2 aromatic heterocycles. The van der Waals surface area contributed by atoms with Gasteiger partial charge in [-0.25, -0.2) is 9.78 Å². The number of hydrogen-bond acceptors (Lipinski definition) is 4. The lowest BCUT2D eigenvalue weighted by atomic mass is 10.2. The standard InChI is InChI=1S/C12H17N5OS/c1-8-10(9(2)16-15-8)6-14-12(18)17(3)7-11-13-4-5-19-11/h4-5H,6-7H2,1-3H3,(H,14,18)(H,15,16). The van der Waals surface area contributed by atoms with Crippen molar-refractivity contribution in [3.63, 3.8) is 0 Å². The van der Waals surface area contributed by atoms with Gasteiger partial charge >= 0.3 is 6.03 Å². The fraction of sp³-hybridized carbons (Fsp3) is 0.417. The molecule has 0 radical (unpaired) electrons. The number of nitrogens with zero attached hydrogens (tertiary/aromatic N) is 3. The third kappa shape index (κ3) is 3.31. The second-order valence-corrected chi connectivity index (χ2v) is 5.33. The van der Waals surface area contributed by atoms with E-state index in [4.69, 9.17) is 0 Å². The zero-order valence-electron chi connectivity index (χ0n) is 11.2. The molecule has 2 N–H and O–H groups in total. The first-order valence-electron chi connectivity index (χ1n) is 5.95. The number of urea groups is 1. The van der Waals surface area contributed by atoms with Crippen LogP contribution in [0.1, 0.15) is 22.0 Å². The van der Waals surface area contributed by atoms with E-state index in [0.717, 1.165) is 22.0 Å². The lowest BCUT2D eigenvalue weighted by Gasteiger charge is -2.16. The normalized spacial score (nSPS) is 10.5. The van der Waals surface area contributed by atoms with E-state index in [9.17, 15) is 4.79 Å². The van der Waals surface area contributed by atoms with Crippen molar-refractivity contribution in [3.8, 4) is 0 Å². The molecule has 102 valence electrons. The number of aromatic nitrogens is 3. The predicted molar refractivity (Wildman–Crippen MR) is 73.9 cm³/mol. The minimum absolute atomic E-state index is 0.116. The van der Waals surface area contributed by atoms with Crippen LogP contribution in [0.3, 0.4) is 0 Å². The zero-order chi connectivity index (χ0) is 13.8. The zero-order valence-corrected chi connectivity index (χ0v) is 12.0. The minimum Gasteiger partial charge on any atom is -0.334 e. The van der Waals surface area contributed by atoms with Crippen molar-refractivity contribution in [2.24, 2.45) is 0 Å². The average molecular weight is 279 g/mol. The largest absolute Gasteiger partial charge is 0.334 e. The van der Waals surface area contributed by atoms with Crippen molar-refractivity contribution in [3.05, 3.63) is 33.5 Å². The molecule has 0 saturated carbocycles. The summed E-state index contributed by atoms with van der Waals surface area (Å²) in [5, 5.41) is 12.7. The minimum atomic E-state index is -0.116. The Morgan fingerprint density at radius 3 is 2.89 bits per heavy atom. The van der Waals surface area contributed by atoms with Gasteiger partial charge in [0.15, 0.2) is 0 Å². The first-order chi connectivity index (χ1) is 9.08. The second kappa shape index (κ2) is 5.83. The third-order valence-corrected chi connectivity index (χ3v) is 3.66. The molecule has 0 unspecified atom stereocenters. The van der Waals surface area contributed by atoms with Gasteiger partial charge in [0.05, 0.1) is 12.2 Å². The van der Waals surface area contributed by atoms with Crippen molar-refractivity contribution in [1.82, 2.24) is 25.4 Å². The molecule has 0 spiro atoms. The van der Waals surface area contributed by atoms with Crippen LogP contribution in [0, 0.1) is 13.8 Å². The molecule has 0 aliphatic heterocycles. The fourth-order valence-corrected chi connectivity index (χ4v) is 2.41.